The fraction of sp³-hybridized carbons (Fsp3) is 0.333. The maximum Gasteiger partial charge on any atom is 0.277 e. The van der Waals surface area contributed by atoms with E-state index in [1.807, 2.05) is 29.3 Å². The van der Waals surface area contributed by atoms with E-state index in [1.165, 1.54) is 28.7 Å². The lowest BCUT2D eigenvalue weighted by molar-refractivity contribution is 0.0663. The second kappa shape index (κ2) is 8.24. The van der Waals surface area contributed by atoms with Crippen molar-refractivity contribution in [2.75, 3.05) is 24.8 Å². The number of fused-ring (bicyclic) bond motifs is 7. The van der Waals surface area contributed by atoms with Gasteiger partial charge in [-0.1, -0.05) is 18.2 Å². The van der Waals surface area contributed by atoms with Crippen molar-refractivity contribution in [3.05, 3.63) is 86.8 Å². The highest BCUT2D eigenvalue weighted by atomic mass is 32.2. The Morgan fingerprint density at radius 1 is 1.11 bits per heavy atom. The van der Waals surface area contributed by atoms with E-state index in [9.17, 15) is 19.1 Å². The van der Waals surface area contributed by atoms with Gasteiger partial charge in [0.1, 0.15) is 12.4 Å². The van der Waals surface area contributed by atoms with Crippen LogP contribution in [0.4, 0.5) is 8.78 Å². The number of aromatic nitrogens is 1. The number of ether oxygens (including phenoxy) is 1. The zero-order valence-corrected chi connectivity index (χ0v) is 20.5. The summed E-state index contributed by atoms with van der Waals surface area (Å²) in [5.41, 5.74) is 1.00. The first kappa shape index (κ1) is 22.7. The van der Waals surface area contributed by atoms with Crippen LogP contribution in [-0.2, 0) is 12.2 Å². The number of amides is 1. The van der Waals surface area contributed by atoms with E-state index in [2.05, 4.69) is 0 Å². The Bertz CT molecular complexity index is 1530. The van der Waals surface area contributed by atoms with E-state index >= 15 is 4.39 Å². The topological polar surface area (TPSA) is 75.0 Å². The molecule has 4 heterocycles. The predicted octanol–water partition coefficient (Wildman–Crippen LogP) is 3.80. The number of thioether (sulfide) groups is 1. The number of halogens is 2. The average molecular weight is 524 g/mol. The van der Waals surface area contributed by atoms with Crippen molar-refractivity contribution >= 4 is 17.7 Å². The molecule has 1 fully saturated rings. The summed E-state index contributed by atoms with van der Waals surface area (Å²) in [6.07, 6.45) is 2.72. The largest absolute Gasteiger partial charge is 0.502 e. The highest BCUT2D eigenvalue weighted by molar-refractivity contribution is 7.98. The summed E-state index contributed by atoms with van der Waals surface area (Å²) in [6, 6.07) is 9.57. The van der Waals surface area contributed by atoms with Crippen LogP contribution >= 0.6 is 11.8 Å². The van der Waals surface area contributed by atoms with Crippen LogP contribution in [0.15, 0.2) is 52.3 Å². The molecule has 3 aliphatic heterocycles. The van der Waals surface area contributed by atoms with Crippen LogP contribution in [0.3, 0.4) is 0 Å². The van der Waals surface area contributed by atoms with Gasteiger partial charge in [0.25, 0.3) is 5.91 Å². The molecule has 10 heteroatoms. The molecule has 7 rings (SSSR count). The van der Waals surface area contributed by atoms with Crippen LogP contribution in [0.25, 0.3) is 0 Å². The van der Waals surface area contributed by atoms with Crippen molar-refractivity contribution in [3.63, 3.8) is 0 Å². The van der Waals surface area contributed by atoms with Crippen LogP contribution in [0.1, 0.15) is 39.6 Å². The molecule has 37 heavy (non-hydrogen) atoms. The fourth-order valence-electron chi connectivity index (χ4n) is 5.82. The third-order valence-corrected chi connectivity index (χ3v) is 9.03. The molecule has 3 aromatic rings. The number of hydrogen-bond acceptors (Lipinski definition) is 6. The third-order valence-electron chi connectivity index (χ3n) is 7.89. The Morgan fingerprint density at radius 3 is 2.81 bits per heavy atom. The molecule has 0 unspecified atom stereocenters. The molecule has 0 saturated heterocycles. The number of carbonyl (C=O) groups is 1. The molecule has 7 nitrogen and oxygen atoms in total. The SMILES string of the molecule is O=C1c2c(O)c(=O)ccn2N2CN1C[C@H]1C[C@@H]1COc1cc(F)c(F)c3c1[C@@H]2Cc1ccccc1SC3. The maximum atomic E-state index is 15.4. The minimum atomic E-state index is -0.957. The second-order valence-electron chi connectivity index (χ2n) is 10.1. The molecule has 0 spiro atoms. The Kier molecular flexibility index (Phi) is 5.04. The number of nitrogens with zero attached hydrogens (tertiary/aromatic N) is 3. The number of carbonyl (C=O) groups excluding carboxylic acids is 1. The number of pyridine rings is 1. The highest BCUT2D eigenvalue weighted by Crippen LogP contribution is 2.46. The molecular formula is C27H23F2N3O4S. The minimum absolute atomic E-state index is 0.119. The van der Waals surface area contributed by atoms with E-state index in [-0.39, 0.29) is 35.5 Å². The Balaban J connectivity index is 1.51. The van der Waals surface area contributed by atoms with E-state index in [1.54, 1.807) is 4.90 Å². The van der Waals surface area contributed by atoms with Gasteiger partial charge in [-0.2, -0.15) is 0 Å². The number of rotatable bonds is 0. The van der Waals surface area contributed by atoms with Gasteiger partial charge in [0, 0.05) is 46.6 Å². The molecule has 1 aromatic heterocycles. The molecule has 1 saturated carbocycles. The molecule has 190 valence electrons. The third kappa shape index (κ3) is 3.53. The number of benzene rings is 2. The van der Waals surface area contributed by atoms with Gasteiger partial charge in [-0.25, -0.2) is 8.78 Å². The minimum Gasteiger partial charge on any atom is -0.502 e. The lowest BCUT2D eigenvalue weighted by atomic mass is 9.92. The first-order chi connectivity index (χ1) is 17.9. The van der Waals surface area contributed by atoms with Crippen molar-refractivity contribution in [2.45, 2.75) is 29.5 Å². The smallest absolute Gasteiger partial charge is 0.277 e. The van der Waals surface area contributed by atoms with Crippen molar-refractivity contribution in [3.8, 4) is 11.5 Å². The molecule has 2 bridgehead atoms. The molecule has 0 radical (unpaired) electrons. The van der Waals surface area contributed by atoms with Crippen molar-refractivity contribution in [1.82, 2.24) is 9.58 Å². The quantitative estimate of drug-likeness (QED) is 0.483. The molecule has 3 atom stereocenters. The van der Waals surface area contributed by atoms with Crippen LogP contribution in [0.5, 0.6) is 11.5 Å². The maximum absolute atomic E-state index is 15.4. The fourth-order valence-corrected chi connectivity index (χ4v) is 6.91. The summed E-state index contributed by atoms with van der Waals surface area (Å²) in [5.74, 6) is -2.05. The highest BCUT2D eigenvalue weighted by Gasteiger charge is 2.45. The Labute approximate surface area is 215 Å². The lowest BCUT2D eigenvalue weighted by Crippen LogP contribution is -2.56. The van der Waals surface area contributed by atoms with Gasteiger partial charge in [-0.3, -0.25) is 19.3 Å². The van der Waals surface area contributed by atoms with Gasteiger partial charge < -0.3 is 14.7 Å². The summed E-state index contributed by atoms with van der Waals surface area (Å²) in [7, 11) is 0. The second-order valence-corrected chi connectivity index (χ2v) is 11.1. The van der Waals surface area contributed by atoms with Gasteiger partial charge >= 0.3 is 0 Å². The van der Waals surface area contributed by atoms with Gasteiger partial charge in [0.2, 0.25) is 5.43 Å². The zero-order valence-electron chi connectivity index (χ0n) is 19.7. The summed E-state index contributed by atoms with van der Waals surface area (Å²) >= 11 is 1.45. The molecule has 1 amide bonds. The first-order valence-electron chi connectivity index (χ1n) is 12.3. The molecule has 2 aromatic carbocycles. The standard InChI is InChI=1S/C27H23F2N3O4S/c28-18-9-21-23-17(24(18)29)12-37-22-4-2-1-3-14(22)8-19(23)32-13-30(10-15-7-16(15)11-36-21)27(35)25-26(34)20(33)5-6-31(25)32/h1-6,9,15-16,19,34H,7-8,10-13H2/t15-,16-,19+/m1/s1. The van der Waals surface area contributed by atoms with Crippen LogP contribution < -0.4 is 15.2 Å². The van der Waals surface area contributed by atoms with Crippen molar-refractivity contribution < 1.29 is 23.4 Å². The predicted molar refractivity (Wildman–Crippen MR) is 132 cm³/mol. The number of hydrogen-bond donors (Lipinski definition) is 1. The van der Waals surface area contributed by atoms with E-state index < -0.39 is 34.8 Å². The van der Waals surface area contributed by atoms with Gasteiger partial charge in [0.05, 0.1) is 12.6 Å². The van der Waals surface area contributed by atoms with Crippen molar-refractivity contribution in [1.29, 1.82) is 0 Å². The summed E-state index contributed by atoms with van der Waals surface area (Å²) in [4.78, 5) is 28.4. The van der Waals surface area contributed by atoms with Crippen molar-refractivity contribution in [2.24, 2.45) is 11.8 Å². The summed E-state index contributed by atoms with van der Waals surface area (Å²) < 4.78 is 38.0. The average Bonchev–Trinajstić information content (AvgIpc) is 3.62. The first-order valence-corrected chi connectivity index (χ1v) is 13.2. The van der Waals surface area contributed by atoms with E-state index in [4.69, 9.17) is 4.74 Å². The Hall–Kier alpha value is -3.53. The molecule has 1 aliphatic carbocycles. The summed E-state index contributed by atoms with van der Waals surface area (Å²) in [5, 5.41) is 12.6. The summed E-state index contributed by atoms with van der Waals surface area (Å²) in [6.45, 7) is 0.947. The monoisotopic (exact) mass is 523 g/mol. The lowest BCUT2D eigenvalue weighted by Gasteiger charge is -2.45. The van der Waals surface area contributed by atoms with Crippen LogP contribution in [0.2, 0.25) is 0 Å². The van der Waals surface area contributed by atoms with Gasteiger partial charge in [-0.15, -0.1) is 11.8 Å². The van der Waals surface area contributed by atoms with E-state index in [0.29, 0.717) is 30.9 Å². The molecule has 1 N–H and O–H groups in total. The van der Waals surface area contributed by atoms with Gasteiger partial charge in [0.15, 0.2) is 23.1 Å². The van der Waals surface area contributed by atoms with Gasteiger partial charge in [-0.05, 0) is 36.3 Å². The molecular weight excluding hydrogens is 500 g/mol. The number of aromatic hydroxyl groups is 1. The normalized spacial score (nSPS) is 23.8. The van der Waals surface area contributed by atoms with Crippen LogP contribution in [0, 0.1) is 23.5 Å². The molecule has 4 aliphatic rings. The zero-order chi connectivity index (χ0) is 25.4. The Morgan fingerprint density at radius 2 is 1.95 bits per heavy atom. The van der Waals surface area contributed by atoms with Crippen LogP contribution in [-0.4, -0.2) is 40.4 Å². The van der Waals surface area contributed by atoms with E-state index in [0.717, 1.165) is 22.9 Å².